The highest BCUT2D eigenvalue weighted by molar-refractivity contribution is 6.14. The molecule has 0 spiro atoms. The molecule has 0 unspecified atom stereocenters. The summed E-state index contributed by atoms with van der Waals surface area (Å²) in [4.78, 5) is 2.18. The fraction of sp³-hybridized carbons (Fsp3) is 0.364. The second-order valence-electron chi connectivity index (χ2n) is 6.71. The molecule has 27 heavy (non-hydrogen) atoms. The third kappa shape index (κ3) is 3.35. The van der Waals surface area contributed by atoms with Crippen LogP contribution in [0.5, 0.6) is 23.0 Å². The van der Waals surface area contributed by atoms with Gasteiger partial charge in [-0.15, -0.1) is 0 Å². The van der Waals surface area contributed by atoms with Crippen LogP contribution in [0.2, 0.25) is 0 Å². The third-order valence-corrected chi connectivity index (χ3v) is 4.89. The van der Waals surface area contributed by atoms with Crippen molar-refractivity contribution in [3.63, 3.8) is 0 Å². The van der Waals surface area contributed by atoms with E-state index in [4.69, 9.17) is 18.9 Å². The fourth-order valence-electron chi connectivity index (χ4n) is 3.57. The molecule has 144 valence electrons. The molecule has 0 atom stereocenters. The third-order valence-electron chi connectivity index (χ3n) is 4.89. The van der Waals surface area contributed by atoms with E-state index in [0.29, 0.717) is 5.75 Å². The Morgan fingerprint density at radius 3 is 1.93 bits per heavy atom. The highest BCUT2D eigenvalue weighted by Gasteiger charge is 2.19. The van der Waals surface area contributed by atoms with Crippen molar-refractivity contribution in [1.82, 2.24) is 4.90 Å². The monoisotopic (exact) mass is 369 g/mol. The molecule has 0 fully saturated rings. The lowest BCUT2D eigenvalue weighted by atomic mass is 9.95. The topological polar surface area (TPSA) is 40.2 Å². The summed E-state index contributed by atoms with van der Waals surface area (Å²) in [5.74, 6) is 2.90. The Bertz CT molecular complexity index is 966. The molecule has 0 radical (unpaired) electrons. The molecule has 3 aromatic rings. The zero-order valence-electron chi connectivity index (χ0n) is 16.9. The number of ether oxygens (including phenoxy) is 4. The van der Waals surface area contributed by atoms with E-state index in [2.05, 4.69) is 43.3 Å². The molecule has 0 heterocycles. The highest BCUT2D eigenvalue weighted by atomic mass is 16.5. The number of benzene rings is 3. The van der Waals surface area contributed by atoms with Crippen LogP contribution in [-0.4, -0.2) is 54.0 Å². The second-order valence-corrected chi connectivity index (χ2v) is 6.71. The summed E-state index contributed by atoms with van der Waals surface area (Å²) in [6.45, 7) is 0.953. The summed E-state index contributed by atoms with van der Waals surface area (Å²) in [7, 11) is 10.8. The summed E-state index contributed by atoms with van der Waals surface area (Å²) in [6.07, 6.45) is 0.919. The molecule has 0 N–H and O–H groups in total. The minimum Gasteiger partial charge on any atom is -0.493 e. The van der Waals surface area contributed by atoms with Gasteiger partial charge in [0.15, 0.2) is 23.0 Å². The first-order valence-corrected chi connectivity index (χ1v) is 8.91. The lowest BCUT2D eigenvalue weighted by molar-refractivity contribution is 0.357. The molecule has 0 saturated heterocycles. The van der Waals surface area contributed by atoms with E-state index in [9.17, 15) is 0 Å². The van der Waals surface area contributed by atoms with Gasteiger partial charge in [-0.2, -0.15) is 0 Å². The van der Waals surface area contributed by atoms with Gasteiger partial charge in [-0.1, -0.05) is 6.07 Å². The summed E-state index contributed by atoms with van der Waals surface area (Å²) in [5, 5.41) is 4.22. The van der Waals surface area contributed by atoms with E-state index in [1.165, 1.54) is 5.56 Å². The zero-order valence-corrected chi connectivity index (χ0v) is 16.9. The van der Waals surface area contributed by atoms with Crippen LogP contribution >= 0.6 is 0 Å². The normalized spacial score (nSPS) is 11.2. The van der Waals surface area contributed by atoms with Gasteiger partial charge >= 0.3 is 0 Å². The SMILES string of the molecule is COc1ccc2c(ccc3c(CCN(C)C)cc(OC)c(OC)c32)c1OC. The fourth-order valence-corrected chi connectivity index (χ4v) is 3.57. The Balaban J connectivity index is 2.40. The number of nitrogens with zero attached hydrogens (tertiary/aromatic N) is 1. The lowest BCUT2D eigenvalue weighted by Crippen LogP contribution is -2.15. The van der Waals surface area contributed by atoms with E-state index >= 15 is 0 Å². The van der Waals surface area contributed by atoms with Crippen LogP contribution < -0.4 is 18.9 Å². The number of likely N-dealkylation sites (N-methyl/N-ethyl adjacent to an activating group) is 1. The largest absolute Gasteiger partial charge is 0.493 e. The molecule has 0 aromatic heterocycles. The molecule has 0 aliphatic rings. The molecule has 0 saturated carbocycles. The maximum atomic E-state index is 5.76. The van der Waals surface area contributed by atoms with Crippen LogP contribution in [0.4, 0.5) is 0 Å². The standard InChI is InChI=1S/C22H27NO4/c1-23(2)12-11-14-13-19(25-4)22(27-6)20-15(14)7-8-17-16(20)9-10-18(24-3)21(17)26-5/h7-10,13H,11-12H2,1-6H3. The van der Waals surface area contributed by atoms with Gasteiger partial charge in [0.1, 0.15) is 0 Å². The number of methoxy groups -OCH3 is 4. The highest BCUT2D eigenvalue weighted by Crippen LogP contribution is 2.45. The molecule has 3 rings (SSSR count). The van der Waals surface area contributed by atoms with Gasteiger partial charge in [0, 0.05) is 17.3 Å². The Morgan fingerprint density at radius 1 is 0.704 bits per heavy atom. The van der Waals surface area contributed by atoms with E-state index in [-0.39, 0.29) is 0 Å². The summed E-state index contributed by atoms with van der Waals surface area (Å²) < 4.78 is 22.5. The maximum Gasteiger partial charge on any atom is 0.169 e. The predicted molar refractivity (Wildman–Crippen MR) is 110 cm³/mol. The van der Waals surface area contributed by atoms with Crippen molar-refractivity contribution in [2.75, 3.05) is 49.1 Å². The van der Waals surface area contributed by atoms with Gasteiger partial charge in [-0.25, -0.2) is 0 Å². The van der Waals surface area contributed by atoms with Gasteiger partial charge in [0.2, 0.25) is 0 Å². The van der Waals surface area contributed by atoms with E-state index in [1.54, 1.807) is 28.4 Å². The van der Waals surface area contributed by atoms with Crippen molar-refractivity contribution in [3.05, 3.63) is 35.9 Å². The van der Waals surface area contributed by atoms with Crippen LogP contribution in [-0.2, 0) is 6.42 Å². The molecular weight excluding hydrogens is 342 g/mol. The second kappa shape index (κ2) is 7.92. The Morgan fingerprint density at radius 2 is 1.33 bits per heavy atom. The van der Waals surface area contributed by atoms with Crippen LogP contribution in [0.25, 0.3) is 21.5 Å². The average molecular weight is 369 g/mol. The Hall–Kier alpha value is -2.66. The van der Waals surface area contributed by atoms with Crippen molar-refractivity contribution in [3.8, 4) is 23.0 Å². The smallest absolute Gasteiger partial charge is 0.169 e. The first-order chi connectivity index (χ1) is 13.0. The first kappa shape index (κ1) is 19.1. The van der Waals surface area contributed by atoms with Gasteiger partial charge in [-0.05, 0) is 61.1 Å². The molecule has 5 heteroatoms. The van der Waals surface area contributed by atoms with Crippen LogP contribution in [0.3, 0.4) is 0 Å². The van der Waals surface area contributed by atoms with Crippen LogP contribution in [0, 0.1) is 0 Å². The first-order valence-electron chi connectivity index (χ1n) is 8.91. The molecule has 5 nitrogen and oxygen atoms in total. The van der Waals surface area contributed by atoms with E-state index < -0.39 is 0 Å². The maximum absolute atomic E-state index is 5.76. The van der Waals surface area contributed by atoms with Gasteiger partial charge in [-0.3, -0.25) is 0 Å². The summed E-state index contributed by atoms with van der Waals surface area (Å²) in [5.41, 5.74) is 1.23. The molecular formula is C22H27NO4. The minimum atomic E-state index is 0.707. The summed E-state index contributed by atoms with van der Waals surface area (Å²) >= 11 is 0. The zero-order chi connectivity index (χ0) is 19.6. The molecule has 0 amide bonds. The predicted octanol–water partition coefficient (Wildman–Crippen LogP) is 4.13. The quantitative estimate of drug-likeness (QED) is 0.586. The van der Waals surface area contributed by atoms with E-state index in [1.807, 2.05) is 6.07 Å². The van der Waals surface area contributed by atoms with Crippen molar-refractivity contribution in [2.24, 2.45) is 0 Å². The van der Waals surface area contributed by atoms with Gasteiger partial charge in [0.05, 0.1) is 28.4 Å². The number of rotatable bonds is 7. The van der Waals surface area contributed by atoms with Gasteiger partial charge < -0.3 is 23.8 Å². The molecule has 0 bridgehead atoms. The van der Waals surface area contributed by atoms with Crippen molar-refractivity contribution in [1.29, 1.82) is 0 Å². The van der Waals surface area contributed by atoms with Crippen molar-refractivity contribution in [2.45, 2.75) is 6.42 Å². The van der Waals surface area contributed by atoms with Crippen LogP contribution in [0.15, 0.2) is 30.3 Å². The Labute approximate surface area is 160 Å². The van der Waals surface area contributed by atoms with Crippen molar-refractivity contribution < 1.29 is 18.9 Å². The number of hydrogen-bond acceptors (Lipinski definition) is 5. The average Bonchev–Trinajstić information content (AvgIpc) is 2.69. The minimum absolute atomic E-state index is 0.707. The number of fused-ring (bicyclic) bond motifs is 3. The Kier molecular flexibility index (Phi) is 5.61. The van der Waals surface area contributed by atoms with Crippen LogP contribution in [0.1, 0.15) is 5.56 Å². The molecule has 0 aliphatic heterocycles. The summed E-state index contributed by atoms with van der Waals surface area (Å²) in [6, 6.07) is 10.3. The number of hydrogen-bond donors (Lipinski definition) is 0. The van der Waals surface area contributed by atoms with E-state index in [0.717, 1.165) is 51.8 Å². The van der Waals surface area contributed by atoms with Crippen molar-refractivity contribution >= 4 is 21.5 Å². The van der Waals surface area contributed by atoms with Gasteiger partial charge in [0.25, 0.3) is 0 Å². The lowest BCUT2D eigenvalue weighted by Gasteiger charge is -2.19. The molecule has 0 aliphatic carbocycles. The molecule has 3 aromatic carbocycles.